The van der Waals surface area contributed by atoms with Crippen molar-refractivity contribution in [2.45, 2.75) is 0 Å². The minimum atomic E-state index is -0.292. The molecule has 31 heavy (non-hydrogen) atoms. The maximum absolute atomic E-state index is 12.9. The summed E-state index contributed by atoms with van der Waals surface area (Å²) in [5.74, 6) is 1.53. The monoisotopic (exact) mass is 417 g/mol. The Bertz CT molecular complexity index is 1070. The van der Waals surface area contributed by atoms with Gasteiger partial charge in [0, 0.05) is 13.1 Å². The first-order valence-corrected chi connectivity index (χ1v) is 9.97. The highest BCUT2D eigenvalue weighted by Crippen LogP contribution is 2.31. The van der Waals surface area contributed by atoms with Crippen LogP contribution in [0.5, 0.6) is 17.2 Å². The summed E-state index contributed by atoms with van der Waals surface area (Å²) >= 11 is 0. The minimum Gasteiger partial charge on any atom is -0.495 e. The molecule has 0 saturated carbocycles. The van der Waals surface area contributed by atoms with Crippen molar-refractivity contribution in [3.63, 3.8) is 0 Å². The fourth-order valence-electron chi connectivity index (χ4n) is 3.44. The van der Waals surface area contributed by atoms with Gasteiger partial charge < -0.3 is 19.7 Å². The summed E-state index contributed by atoms with van der Waals surface area (Å²) in [7, 11) is 1.57. The van der Waals surface area contributed by atoms with E-state index in [0.717, 1.165) is 0 Å². The average molecular weight is 417 g/mol. The van der Waals surface area contributed by atoms with E-state index in [1.165, 1.54) is 4.90 Å². The van der Waals surface area contributed by atoms with E-state index in [1.54, 1.807) is 24.1 Å². The number of hydrogen-bond donors (Lipinski definition) is 1. The molecule has 7 nitrogen and oxygen atoms in total. The Labute approximate surface area is 180 Å². The van der Waals surface area contributed by atoms with E-state index in [4.69, 9.17) is 9.47 Å². The summed E-state index contributed by atoms with van der Waals surface area (Å²) in [6, 6.07) is 23.7. The molecule has 0 bridgehead atoms. The SMILES string of the molecule is COc1ccccc1N1CCN(CC(=O)Nc2ccccc2Oc2ccccc2)C1=O. The van der Waals surface area contributed by atoms with E-state index in [-0.39, 0.29) is 18.5 Å². The molecule has 1 fully saturated rings. The number of nitrogens with one attached hydrogen (secondary N) is 1. The number of methoxy groups -OCH3 is 1. The summed E-state index contributed by atoms with van der Waals surface area (Å²) in [5.41, 5.74) is 1.24. The predicted molar refractivity (Wildman–Crippen MR) is 119 cm³/mol. The molecule has 1 aliphatic heterocycles. The van der Waals surface area contributed by atoms with Crippen molar-refractivity contribution in [2.75, 3.05) is 37.0 Å². The van der Waals surface area contributed by atoms with Crippen LogP contribution in [0.15, 0.2) is 78.9 Å². The van der Waals surface area contributed by atoms with E-state index in [1.807, 2.05) is 66.7 Å². The third-order valence-electron chi connectivity index (χ3n) is 4.94. The van der Waals surface area contributed by atoms with Crippen LogP contribution in [0.4, 0.5) is 16.2 Å². The largest absolute Gasteiger partial charge is 0.495 e. The van der Waals surface area contributed by atoms with Gasteiger partial charge in [-0.15, -0.1) is 0 Å². The van der Waals surface area contributed by atoms with E-state index in [2.05, 4.69) is 5.32 Å². The van der Waals surface area contributed by atoms with Crippen LogP contribution in [-0.2, 0) is 4.79 Å². The Kier molecular flexibility index (Phi) is 6.03. The molecule has 7 heteroatoms. The van der Waals surface area contributed by atoms with Crippen LogP contribution in [-0.4, -0.2) is 43.6 Å². The molecule has 0 radical (unpaired) electrons. The lowest BCUT2D eigenvalue weighted by Gasteiger charge is -2.20. The van der Waals surface area contributed by atoms with Crippen molar-refractivity contribution in [3.05, 3.63) is 78.9 Å². The van der Waals surface area contributed by atoms with Crippen molar-refractivity contribution >= 4 is 23.3 Å². The van der Waals surface area contributed by atoms with Gasteiger partial charge in [0.05, 0.1) is 18.5 Å². The molecule has 0 atom stereocenters. The maximum atomic E-state index is 12.9. The number of carbonyl (C=O) groups excluding carboxylic acids is 2. The van der Waals surface area contributed by atoms with Crippen LogP contribution >= 0.6 is 0 Å². The average Bonchev–Trinajstić information content (AvgIpc) is 3.15. The highest BCUT2D eigenvalue weighted by atomic mass is 16.5. The molecule has 1 heterocycles. The lowest BCUT2D eigenvalue weighted by Crippen LogP contribution is -2.37. The van der Waals surface area contributed by atoms with E-state index < -0.39 is 0 Å². The van der Waals surface area contributed by atoms with Gasteiger partial charge in [0.25, 0.3) is 0 Å². The third kappa shape index (κ3) is 4.61. The molecular formula is C24H23N3O4. The summed E-state index contributed by atoms with van der Waals surface area (Å²) in [6.45, 7) is 0.886. The van der Waals surface area contributed by atoms with Gasteiger partial charge >= 0.3 is 6.03 Å². The third-order valence-corrected chi connectivity index (χ3v) is 4.94. The Morgan fingerprint density at radius 1 is 0.903 bits per heavy atom. The topological polar surface area (TPSA) is 71.1 Å². The second-order valence-electron chi connectivity index (χ2n) is 6.99. The first kappa shape index (κ1) is 20.3. The lowest BCUT2D eigenvalue weighted by molar-refractivity contribution is -0.116. The number of hydrogen-bond acceptors (Lipinski definition) is 4. The number of nitrogens with zero attached hydrogens (tertiary/aromatic N) is 2. The summed E-state index contributed by atoms with van der Waals surface area (Å²) in [6.07, 6.45) is 0. The molecule has 3 amide bonds. The van der Waals surface area contributed by atoms with Gasteiger partial charge in [-0.25, -0.2) is 4.79 Å². The fourth-order valence-corrected chi connectivity index (χ4v) is 3.44. The highest BCUT2D eigenvalue weighted by Gasteiger charge is 2.32. The zero-order chi connectivity index (χ0) is 21.6. The fraction of sp³-hybridized carbons (Fsp3) is 0.167. The van der Waals surface area contributed by atoms with Crippen LogP contribution in [0.2, 0.25) is 0 Å². The zero-order valence-electron chi connectivity index (χ0n) is 17.2. The lowest BCUT2D eigenvalue weighted by atomic mass is 10.2. The Hall–Kier alpha value is -4.00. The van der Waals surface area contributed by atoms with Crippen LogP contribution in [0.25, 0.3) is 0 Å². The van der Waals surface area contributed by atoms with Crippen molar-refractivity contribution in [1.29, 1.82) is 0 Å². The zero-order valence-corrected chi connectivity index (χ0v) is 17.2. The van der Waals surface area contributed by atoms with Gasteiger partial charge in [-0.1, -0.05) is 42.5 Å². The van der Waals surface area contributed by atoms with Gasteiger partial charge in [-0.05, 0) is 36.4 Å². The summed E-state index contributed by atoms with van der Waals surface area (Å²) < 4.78 is 11.2. The molecular weight excluding hydrogens is 394 g/mol. The van der Waals surface area contributed by atoms with Crippen LogP contribution < -0.4 is 19.7 Å². The minimum absolute atomic E-state index is 0.0514. The first-order valence-electron chi connectivity index (χ1n) is 9.97. The highest BCUT2D eigenvalue weighted by molar-refractivity contribution is 6.00. The Balaban J connectivity index is 1.41. The smallest absolute Gasteiger partial charge is 0.325 e. The van der Waals surface area contributed by atoms with Crippen LogP contribution in [0.1, 0.15) is 0 Å². The molecule has 158 valence electrons. The van der Waals surface area contributed by atoms with Crippen LogP contribution in [0, 0.1) is 0 Å². The van der Waals surface area contributed by atoms with Gasteiger partial charge in [0.2, 0.25) is 5.91 Å². The van der Waals surface area contributed by atoms with Gasteiger partial charge in [-0.2, -0.15) is 0 Å². The van der Waals surface area contributed by atoms with Gasteiger partial charge in [0.15, 0.2) is 5.75 Å². The second-order valence-corrected chi connectivity index (χ2v) is 6.99. The molecule has 0 aliphatic carbocycles. The molecule has 0 aromatic heterocycles. The number of urea groups is 1. The molecule has 3 aromatic rings. The maximum Gasteiger partial charge on any atom is 0.325 e. The standard InChI is InChI=1S/C24H23N3O4/c1-30-22-14-8-6-12-20(22)27-16-15-26(24(27)29)17-23(28)25-19-11-5-7-13-21(19)31-18-9-3-2-4-10-18/h2-14H,15-17H2,1H3,(H,25,28). The Morgan fingerprint density at radius 3 is 2.35 bits per heavy atom. The van der Waals surface area contributed by atoms with E-state index in [0.29, 0.717) is 41.7 Å². The molecule has 1 saturated heterocycles. The van der Waals surface area contributed by atoms with Gasteiger partial charge in [0.1, 0.15) is 18.0 Å². The molecule has 3 aromatic carbocycles. The van der Waals surface area contributed by atoms with Crippen molar-refractivity contribution in [3.8, 4) is 17.2 Å². The number of benzene rings is 3. The first-order chi connectivity index (χ1) is 15.2. The number of amides is 3. The van der Waals surface area contributed by atoms with Crippen molar-refractivity contribution in [2.24, 2.45) is 0 Å². The van der Waals surface area contributed by atoms with E-state index in [9.17, 15) is 9.59 Å². The molecule has 1 N–H and O–H groups in total. The number of para-hydroxylation sites is 5. The van der Waals surface area contributed by atoms with Crippen LogP contribution in [0.3, 0.4) is 0 Å². The molecule has 0 unspecified atom stereocenters. The summed E-state index contributed by atoms with van der Waals surface area (Å²) in [4.78, 5) is 28.7. The second kappa shape index (κ2) is 9.21. The molecule has 4 rings (SSSR count). The van der Waals surface area contributed by atoms with Gasteiger partial charge in [-0.3, -0.25) is 9.69 Å². The normalized spacial score (nSPS) is 13.3. The Morgan fingerprint density at radius 2 is 1.58 bits per heavy atom. The van der Waals surface area contributed by atoms with Crippen molar-refractivity contribution < 1.29 is 19.1 Å². The predicted octanol–water partition coefficient (Wildman–Crippen LogP) is 4.37. The quantitative estimate of drug-likeness (QED) is 0.620. The number of anilines is 2. The molecule has 1 aliphatic rings. The number of carbonyl (C=O) groups is 2. The van der Waals surface area contributed by atoms with Crippen molar-refractivity contribution in [1.82, 2.24) is 4.90 Å². The van der Waals surface area contributed by atoms with E-state index >= 15 is 0 Å². The molecule has 0 spiro atoms. The number of ether oxygens (including phenoxy) is 2. The number of rotatable bonds is 7. The summed E-state index contributed by atoms with van der Waals surface area (Å²) in [5, 5.41) is 2.85.